The number of ether oxygens (including phenoxy) is 2. The van der Waals surface area contributed by atoms with Crippen molar-refractivity contribution in [2.75, 3.05) is 18.5 Å². The predicted molar refractivity (Wildman–Crippen MR) is 158 cm³/mol. The number of imide groups is 1. The zero-order chi connectivity index (χ0) is 27.8. The lowest BCUT2D eigenvalue weighted by atomic mass is 10.0. The SMILES string of the molecule is C=CCc1cc(/C=C2\SC(=O)N(CC(=O)Nc3ccccc3Br)C2=O)cc(OCC)c1OCc1ccccc1. The van der Waals surface area contributed by atoms with Gasteiger partial charge in [-0.25, -0.2) is 0 Å². The summed E-state index contributed by atoms with van der Waals surface area (Å²) in [6.07, 6.45) is 3.91. The number of rotatable bonds is 11. The van der Waals surface area contributed by atoms with Gasteiger partial charge in [0.1, 0.15) is 13.2 Å². The summed E-state index contributed by atoms with van der Waals surface area (Å²) in [5.74, 6) is 0.137. The third-order valence-corrected chi connectivity index (χ3v) is 7.26. The van der Waals surface area contributed by atoms with Gasteiger partial charge in [0, 0.05) is 10.0 Å². The molecule has 1 N–H and O–H groups in total. The minimum absolute atomic E-state index is 0.221. The number of amides is 3. The largest absolute Gasteiger partial charge is 0.490 e. The molecule has 1 saturated heterocycles. The minimum Gasteiger partial charge on any atom is -0.490 e. The van der Waals surface area contributed by atoms with Crippen molar-refractivity contribution in [1.82, 2.24) is 4.90 Å². The normalized spacial score (nSPS) is 14.0. The molecule has 4 rings (SSSR count). The van der Waals surface area contributed by atoms with Crippen molar-refractivity contribution in [3.8, 4) is 11.5 Å². The molecule has 0 aromatic heterocycles. The average Bonchev–Trinajstić information content (AvgIpc) is 3.17. The summed E-state index contributed by atoms with van der Waals surface area (Å²) in [6, 6.07) is 20.6. The topological polar surface area (TPSA) is 84.9 Å². The van der Waals surface area contributed by atoms with Gasteiger partial charge in [-0.2, -0.15) is 0 Å². The van der Waals surface area contributed by atoms with E-state index in [0.717, 1.165) is 27.8 Å². The second kappa shape index (κ2) is 13.3. The number of hydrogen-bond donors (Lipinski definition) is 1. The molecular formula is C30H27BrN2O5S. The Kier molecular flexibility index (Phi) is 9.62. The number of halogens is 1. The number of carbonyl (C=O) groups excluding carboxylic acids is 3. The summed E-state index contributed by atoms with van der Waals surface area (Å²) < 4.78 is 12.8. The van der Waals surface area contributed by atoms with E-state index in [-0.39, 0.29) is 11.4 Å². The van der Waals surface area contributed by atoms with Crippen molar-refractivity contribution in [2.24, 2.45) is 0 Å². The number of hydrogen-bond acceptors (Lipinski definition) is 6. The van der Waals surface area contributed by atoms with Gasteiger partial charge in [0.25, 0.3) is 11.1 Å². The van der Waals surface area contributed by atoms with E-state index in [1.54, 1.807) is 36.4 Å². The molecule has 0 spiro atoms. The van der Waals surface area contributed by atoms with Gasteiger partial charge in [-0.1, -0.05) is 48.5 Å². The molecular weight excluding hydrogens is 580 g/mol. The second-order valence-electron chi connectivity index (χ2n) is 8.50. The zero-order valence-corrected chi connectivity index (χ0v) is 23.7. The third-order valence-electron chi connectivity index (χ3n) is 5.67. The third kappa shape index (κ3) is 7.19. The molecule has 1 fully saturated rings. The summed E-state index contributed by atoms with van der Waals surface area (Å²) >= 11 is 4.16. The van der Waals surface area contributed by atoms with E-state index in [1.165, 1.54) is 0 Å². The van der Waals surface area contributed by atoms with Crippen LogP contribution in [0.25, 0.3) is 6.08 Å². The number of allylic oxidation sites excluding steroid dienone is 1. The van der Waals surface area contributed by atoms with Gasteiger partial charge >= 0.3 is 0 Å². The van der Waals surface area contributed by atoms with E-state index in [4.69, 9.17) is 9.47 Å². The quantitative estimate of drug-likeness (QED) is 0.190. The maximum Gasteiger partial charge on any atom is 0.294 e. The Morgan fingerprint density at radius 2 is 1.82 bits per heavy atom. The lowest BCUT2D eigenvalue weighted by molar-refractivity contribution is -0.127. The van der Waals surface area contributed by atoms with Crippen LogP contribution in [0.1, 0.15) is 23.6 Å². The highest BCUT2D eigenvalue weighted by Gasteiger charge is 2.36. The van der Waals surface area contributed by atoms with Crippen LogP contribution in [-0.2, 0) is 22.6 Å². The van der Waals surface area contributed by atoms with Gasteiger partial charge in [0.15, 0.2) is 11.5 Å². The predicted octanol–water partition coefficient (Wildman–Crippen LogP) is 6.83. The Labute approximate surface area is 240 Å². The molecule has 200 valence electrons. The molecule has 1 aliphatic heterocycles. The molecule has 0 bridgehead atoms. The molecule has 9 heteroatoms. The summed E-state index contributed by atoms with van der Waals surface area (Å²) in [5.41, 5.74) is 3.08. The number of thioether (sulfide) groups is 1. The molecule has 7 nitrogen and oxygen atoms in total. The van der Waals surface area contributed by atoms with Crippen LogP contribution in [0.15, 0.2) is 88.8 Å². The molecule has 0 atom stereocenters. The molecule has 0 aliphatic carbocycles. The van der Waals surface area contributed by atoms with Crippen LogP contribution in [0.2, 0.25) is 0 Å². The molecule has 3 amide bonds. The first kappa shape index (κ1) is 28.2. The molecule has 0 saturated carbocycles. The maximum absolute atomic E-state index is 13.1. The number of anilines is 1. The van der Waals surface area contributed by atoms with E-state index in [0.29, 0.717) is 46.9 Å². The second-order valence-corrected chi connectivity index (χ2v) is 10.4. The first-order chi connectivity index (χ1) is 18.9. The van der Waals surface area contributed by atoms with Crippen LogP contribution in [0, 0.1) is 0 Å². The van der Waals surface area contributed by atoms with Crippen molar-refractivity contribution < 1.29 is 23.9 Å². The van der Waals surface area contributed by atoms with Gasteiger partial charge in [0.2, 0.25) is 5.91 Å². The van der Waals surface area contributed by atoms with Gasteiger partial charge in [0.05, 0.1) is 17.2 Å². The first-order valence-corrected chi connectivity index (χ1v) is 13.9. The summed E-state index contributed by atoms with van der Waals surface area (Å²) in [6.45, 7) is 6.13. The molecule has 39 heavy (non-hydrogen) atoms. The minimum atomic E-state index is -0.528. The van der Waals surface area contributed by atoms with Crippen LogP contribution in [0.4, 0.5) is 10.5 Å². The van der Waals surface area contributed by atoms with Crippen LogP contribution >= 0.6 is 27.7 Å². The summed E-state index contributed by atoms with van der Waals surface area (Å²) in [4.78, 5) is 39.4. The lowest BCUT2D eigenvalue weighted by Gasteiger charge is -2.17. The number of nitrogens with one attached hydrogen (secondary N) is 1. The van der Waals surface area contributed by atoms with Crippen LogP contribution in [0.5, 0.6) is 11.5 Å². The molecule has 1 heterocycles. The van der Waals surface area contributed by atoms with E-state index >= 15 is 0 Å². The fraction of sp³-hybridized carbons (Fsp3) is 0.167. The van der Waals surface area contributed by atoms with Crippen molar-refractivity contribution in [3.63, 3.8) is 0 Å². The fourth-order valence-corrected chi connectivity index (χ4v) is 5.14. The van der Waals surface area contributed by atoms with E-state index < -0.39 is 17.1 Å². The number of carbonyl (C=O) groups is 3. The maximum atomic E-state index is 13.1. The Morgan fingerprint density at radius 1 is 1.08 bits per heavy atom. The molecule has 3 aromatic carbocycles. The molecule has 3 aromatic rings. The van der Waals surface area contributed by atoms with E-state index in [9.17, 15) is 14.4 Å². The van der Waals surface area contributed by atoms with E-state index in [2.05, 4.69) is 27.8 Å². The van der Waals surface area contributed by atoms with Gasteiger partial charge in [-0.05, 0) is 82.5 Å². The average molecular weight is 608 g/mol. The smallest absolute Gasteiger partial charge is 0.294 e. The van der Waals surface area contributed by atoms with Crippen molar-refractivity contribution in [1.29, 1.82) is 0 Å². The van der Waals surface area contributed by atoms with Crippen LogP contribution < -0.4 is 14.8 Å². The molecule has 1 aliphatic rings. The monoisotopic (exact) mass is 606 g/mol. The van der Waals surface area contributed by atoms with Gasteiger partial charge < -0.3 is 14.8 Å². The van der Waals surface area contributed by atoms with Crippen LogP contribution in [-0.4, -0.2) is 35.1 Å². The Bertz CT molecular complexity index is 1420. The lowest BCUT2D eigenvalue weighted by Crippen LogP contribution is -2.36. The Balaban J connectivity index is 1.55. The van der Waals surface area contributed by atoms with Crippen molar-refractivity contribution >= 4 is 56.5 Å². The van der Waals surface area contributed by atoms with Crippen molar-refractivity contribution in [2.45, 2.75) is 20.0 Å². The van der Waals surface area contributed by atoms with Gasteiger partial charge in [-0.15, -0.1) is 6.58 Å². The molecule has 0 unspecified atom stereocenters. The van der Waals surface area contributed by atoms with E-state index in [1.807, 2.05) is 49.4 Å². The number of nitrogens with zero attached hydrogens (tertiary/aromatic N) is 1. The first-order valence-electron chi connectivity index (χ1n) is 12.3. The fourth-order valence-electron chi connectivity index (χ4n) is 3.91. The highest BCUT2D eigenvalue weighted by Crippen LogP contribution is 2.38. The van der Waals surface area contributed by atoms with Crippen molar-refractivity contribution in [3.05, 3.63) is 105 Å². The Hall–Kier alpha value is -3.82. The Morgan fingerprint density at radius 3 is 2.54 bits per heavy atom. The molecule has 0 radical (unpaired) electrons. The number of benzene rings is 3. The van der Waals surface area contributed by atoms with Gasteiger partial charge in [-0.3, -0.25) is 19.3 Å². The van der Waals surface area contributed by atoms with Crippen LogP contribution in [0.3, 0.4) is 0 Å². The highest BCUT2D eigenvalue weighted by molar-refractivity contribution is 9.10. The standard InChI is InChI=1S/C30H27BrN2O5S/c1-3-10-22-15-21(16-25(37-4-2)28(22)38-19-20-11-6-5-7-12-20)17-26-29(35)33(30(36)39-26)18-27(34)32-24-14-9-8-13-23(24)31/h3,5-9,11-17H,1,4,10,18-19H2,2H3,(H,32,34)/b26-17-. The summed E-state index contributed by atoms with van der Waals surface area (Å²) in [7, 11) is 0. The number of para-hydroxylation sites is 1. The summed E-state index contributed by atoms with van der Waals surface area (Å²) in [5, 5.41) is 2.21. The zero-order valence-electron chi connectivity index (χ0n) is 21.3. The highest BCUT2D eigenvalue weighted by atomic mass is 79.9.